The third kappa shape index (κ3) is 5.93. The van der Waals surface area contributed by atoms with Gasteiger partial charge in [0, 0.05) is 17.8 Å². The van der Waals surface area contributed by atoms with E-state index in [1.165, 1.54) is 6.33 Å². The zero-order valence-corrected chi connectivity index (χ0v) is 20.6. The van der Waals surface area contributed by atoms with E-state index in [-0.39, 0.29) is 48.4 Å². The summed E-state index contributed by atoms with van der Waals surface area (Å²) in [6, 6.07) is 0. The molecule has 1 fully saturated rings. The number of rotatable bonds is 9. The molecule has 1 N–H and O–H groups in total. The maximum Gasteiger partial charge on any atom is 0.356 e. The highest BCUT2D eigenvalue weighted by atomic mass is 31.2. The second-order valence-corrected chi connectivity index (χ2v) is 10.8. The fourth-order valence-corrected chi connectivity index (χ4v) is 4.65. The summed E-state index contributed by atoms with van der Waals surface area (Å²) in [6.45, 7) is 11.0. The Morgan fingerprint density at radius 3 is 2.58 bits per heavy atom. The maximum atomic E-state index is 14.2. The Labute approximate surface area is 191 Å². The molecule has 0 saturated carbocycles. The predicted octanol–water partition coefficient (Wildman–Crippen LogP) is 4.07. The number of carbonyl (C=O) groups is 1. The van der Waals surface area contributed by atoms with Crippen LogP contribution in [0, 0.1) is 17.4 Å². The molecule has 0 aliphatic carbocycles. The molecule has 1 amide bonds. The first-order valence-electron chi connectivity index (χ1n) is 10.8. The predicted molar refractivity (Wildman–Crippen MR) is 118 cm³/mol. The van der Waals surface area contributed by atoms with Gasteiger partial charge in [-0.1, -0.05) is 27.7 Å². The molecular weight excluding hydrogens is 456 g/mol. The molecule has 1 saturated heterocycles. The van der Waals surface area contributed by atoms with Gasteiger partial charge in [-0.15, -0.1) is 0 Å². The number of halogens is 1. The van der Waals surface area contributed by atoms with Crippen LogP contribution in [0.5, 0.6) is 0 Å². The zero-order valence-electron chi connectivity index (χ0n) is 19.7. The lowest BCUT2D eigenvalue weighted by atomic mass is 9.96. The molecule has 3 atom stereocenters. The van der Waals surface area contributed by atoms with Crippen LogP contribution in [0.4, 0.5) is 10.2 Å². The van der Waals surface area contributed by atoms with Crippen molar-refractivity contribution in [3.8, 4) is 0 Å². The minimum Gasteiger partial charge on any atom is -0.340 e. The number of hydrogen-bond donors (Lipinski definition) is 1. The number of nitrogens with zero attached hydrogens (tertiary/aromatic N) is 4. The molecule has 0 aromatic carbocycles. The molecule has 3 heterocycles. The molecule has 13 heteroatoms. The first-order valence-corrected chi connectivity index (χ1v) is 12.6. The van der Waals surface area contributed by atoms with Crippen LogP contribution in [-0.4, -0.2) is 51.3 Å². The van der Waals surface area contributed by atoms with Gasteiger partial charge in [0.15, 0.2) is 29.6 Å². The van der Waals surface area contributed by atoms with E-state index in [1.54, 1.807) is 39.2 Å². The molecule has 0 bridgehead atoms. The third-order valence-corrected chi connectivity index (χ3v) is 6.76. The van der Waals surface area contributed by atoms with E-state index in [0.717, 1.165) is 0 Å². The van der Waals surface area contributed by atoms with E-state index in [2.05, 4.69) is 20.3 Å². The molecule has 2 aromatic heterocycles. The standard InChI is InChI=1S/C20H31FN5O6P/c1-7-30-33(28,31-8-2)11-29-17-12(3)9-13(32-17)26-10-22-14-15(23-18(27)20(4,5)6)24-19(21)25-16(14)26/h10,12-13,17H,7-9,11H2,1-6H3,(H,23,24,25,27)/t12-,13+,17-/m0/s1. The summed E-state index contributed by atoms with van der Waals surface area (Å²) in [5.41, 5.74) is -0.279. The van der Waals surface area contributed by atoms with Crippen molar-refractivity contribution in [2.45, 2.75) is 60.5 Å². The van der Waals surface area contributed by atoms with Gasteiger partial charge in [0.1, 0.15) is 6.23 Å². The highest BCUT2D eigenvalue weighted by molar-refractivity contribution is 7.53. The maximum absolute atomic E-state index is 14.2. The first-order chi connectivity index (χ1) is 15.5. The van der Waals surface area contributed by atoms with Crippen LogP contribution >= 0.6 is 7.60 Å². The van der Waals surface area contributed by atoms with Crippen LogP contribution in [0.3, 0.4) is 0 Å². The molecule has 0 spiro atoms. The Hall–Kier alpha value is -1.98. The summed E-state index contributed by atoms with van der Waals surface area (Å²) >= 11 is 0. The van der Waals surface area contributed by atoms with E-state index in [9.17, 15) is 13.8 Å². The number of nitrogens with one attached hydrogen (secondary N) is 1. The molecule has 2 aromatic rings. The lowest BCUT2D eigenvalue weighted by molar-refractivity contribution is -0.153. The van der Waals surface area contributed by atoms with Gasteiger partial charge in [-0.3, -0.25) is 13.9 Å². The van der Waals surface area contributed by atoms with E-state index < -0.39 is 31.6 Å². The van der Waals surface area contributed by atoms with Gasteiger partial charge in [0.2, 0.25) is 5.91 Å². The molecule has 33 heavy (non-hydrogen) atoms. The quantitative estimate of drug-likeness (QED) is 0.411. The fourth-order valence-electron chi connectivity index (χ4n) is 3.31. The van der Waals surface area contributed by atoms with Gasteiger partial charge in [-0.05, 0) is 13.8 Å². The van der Waals surface area contributed by atoms with Gasteiger partial charge in [0.05, 0.1) is 19.5 Å². The number of anilines is 1. The second-order valence-electron chi connectivity index (χ2n) is 8.78. The molecule has 0 unspecified atom stereocenters. The third-order valence-electron chi connectivity index (χ3n) is 5.00. The number of ether oxygens (including phenoxy) is 2. The Morgan fingerprint density at radius 1 is 1.30 bits per heavy atom. The molecule has 184 valence electrons. The molecule has 0 radical (unpaired) electrons. The van der Waals surface area contributed by atoms with Crippen LogP contribution in [0.25, 0.3) is 11.2 Å². The van der Waals surface area contributed by atoms with Crippen LogP contribution < -0.4 is 5.32 Å². The van der Waals surface area contributed by atoms with E-state index >= 15 is 0 Å². The number of hydrogen-bond acceptors (Lipinski definition) is 9. The average Bonchev–Trinajstić information content (AvgIpc) is 3.29. The van der Waals surface area contributed by atoms with Crippen molar-refractivity contribution in [1.29, 1.82) is 0 Å². The van der Waals surface area contributed by atoms with Crippen molar-refractivity contribution in [2.75, 3.05) is 24.9 Å². The van der Waals surface area contributed by atoms with Gasteiger partial charge < -0.3 is 23.8 Å². The lowest BCUT2D eigenvalue weighted by Crippen LogP contribution is -2.28. The van der Waals surface area contributed by atoms with E-state index in [4.69, 9.17) is 18.5 Å². The van der Waals surface area contributed by atoms with Crippen molar-refractivity contribution < 1.29 is 32.3 Å². The van der Waals surface area contributed by atoms with Crippen molar-refractivity contribution >= 4 is 30.5 Å². The van der Waals surface area contributed by atoms with Crippen molar-refractivity contribution in [3.05, 3.63) is 12.4 Å². The van der Waals surface area contributed by atoms with Gasteiger partial charge in [-0.25, -0.2) is 4.98 Å². The lowest BCUT2D eigenvalue weighted by Gasteiger charge is -2.21. The van der Waals surface area contributed by atoms with Crippen LogP contribution in [0.1, 0.15) is 54.2 Å². The average molecular weight is 487 g/mol. The minimum absolute atomic E-state index is 0.00983. The minimum atomic E-state index is -3.39. The van der Waals surface area contributed by atoms with E-state index in [0.29, 0.717) is 6.42 Å². The summed E-state index contributed by atoms with van der Waals surface area (Å²) in [5.74, 6) is -0.413. The monoisotopic (exact) mass is 487 g/mol. The summed E-state index contributed by atoms with van der Waals surface area (Å²) in [5, 5.41) is 2.62. The smallest absolute Gasteiger partial charge is 0.340 e. The van der Waals surface area contributed by atoms with Crippen LogP contribution in [-0.2, 0) is 27.9 Å². The van der Waals surface area contributed by atoms with E-state index in [1.807, 2.05) is 6.92 Å². The summed E-state index contributed by atoms with van der Waals surface area (Å²) in [6.07, 6.45) is -0.527. The zero-order chi connectivity index (χ0) is 24.4. The largest absolute Gasteiger partial charge is 0.356 e. The fraction of sp³-hybridized carbons (Fsp3) is 0.700. The molecule has 1 aliphatic rings. The molecule has 1 aliphatic heterocycles. The highest BCUT2D eigenvalue weighted by Crippen LogP contribution is 2.49. The summed E-state index contributed by atoms with van der Waals surface area (Å²) in [4.78, 5) is 24.2. The van der Waals surface area contributed by atoms with Gasteiger partial charge in [-0.2, -0.15) is 14.4 Å². The topological polar surface area (TPSA) is 127 Å². The number of aromatic nitrogens is 4. The Bertz CT molecular complexity index is 1030. The van der Waals surface area contributed by atoms with Crippen LogP contribution in [0.2, 0.25) is 0 Å². The number of carbonyl (C=O) groups excluding carboxylic acids is 1. The Kier molecular flexibility index (Phi) is 7.85. The number of imidazole rings is 1. The van der Waals surface area contributed by atoms with Gasteiger partial charge >= 0.3 is 13.7 Å². The number of amides is 1. The summed E-state index contributed by atoms with van der Waals surface area (Å²) < 4.78 is 50.6. The Morgan fingerprint density at radius 2 is 1.97 bits per heavy atom. The van der Waals surface area contributed by atoms with Crippen LogP contribution in [0.15, 0.2) is 6.33 Å². The highest BCUT2D eigenvalue weighted by Gasteiger charge is 2.37. The molecular formula is C20H31FN5O6P. The molecule has 3 rings (SSSR count). The number of fused-ring (bicyclic) bond motifs is 1. The van der Waals surface area contributed by atoms with Gasteiger partial charge in [0.25, 0.3) is 0 Å². The SMILES string of the molecule is CCOP(=O)(CO[C@H]1O[C@@H](n2cnc3c(NC(=O)C(C)(C)C)nc(F)nc32)C[C@@H]1C)OCC. The molecule has 11 nitrogen and oxygen atoms in total. The summed E-state index contributed by atoms with van der Waals surface area (Å²) in [7, 11) is -3.39. The van der Waals surface area contributed by atoms with Crippen molar-refractivity contribution in [2.24, 2.45) is 11.3 Å². The first kappa shape index (κ1) is 25.6. The normalized spacial score (nSPS) is 21.6. The van der Waals surface area contributed by atoms with Crippen molar-refractivity contribution in [3.63, 3.8) is 0 Å². The van der Waals surface area contributed by atoms with Crippen molar-refractivity contribution in [1.82, 2.24) is 19.5 Å². The Balaban J connectivity index is 1.79. The second kappa shape index (κ2) is 10.1.